The summed E-state index contributed by atoms with van der Waals surface area (Å²) in [5.74, 6) is 0.621. The lowest BCUT2D eigenvalue weighted by Gasteiger charge is -2.16. The first-order valence-corrected chi connectivity index (χ1v) is 12.6. The van der Waals surface area contributed by atoms with Crippen molar-refractivity contribution in [2.24, 2.45) is 0 Å². The number of nitrogens with one attached hydrogen (secondary N) is 3. The molecule has 190 valence electrons. The zero-order valence-electron chi connectivity index (χ0n) is 21.4. The minimum Gasteiger partial charge on any atom is -0.369 e. The summed E-state index contributed by atoms with van der Waals surface area (Å²) in [6.45, 7) is 5.51. The van der Waals surface area contributed by atoms with Gasteiger partial charge in [-0.15, -0.1) is 0 Å². The molecule has 0 spiro atoms. The molecule has 0 radical (unpaired) electrons. The fourth-order valence-electron chi connectivity index (χ4n) is 4.18. The van der Waals surface area contributed by atoms with Crippen LogP contribution in [-0.2, 0) is 0 Å². The highest BCUT2D eigenvalue weighted by molar-refractivity contribution is 6.06. The molecule has 0 aliphatic rings. The van der Waals surface area contributed by atoms with E-state index in [4.69, 9.17) is 0 Å². The van der Waals surface area contributed by atoms with Crippen molar-refractivity contribution in [3.8, 4) is 11.3 Å². The summed E-state index contributed by atoms with van der Waals surface area (Å²) in [5.41, 5.74) is 4.79. The van der Waals surface area contributed by atoms with Gasteiger partial charge in [0.2, 0.25) is 0 Å². The lowest BCUT2D eigenvalue weighted by Crippen LogP contribution is -2.24. The Kier molecular flexibility index (Phi) is 8.40. The number of hydrogen-bond acceptors (Lipinski definition) is 6. The van der Waals surface area contributed by atoms with Crippen LogP contribution in [0.2, 0.25) is 0 Å². The topological polar surface area (TPSA) is 109 Å². The van der Waals surface area contributed by atoms with Crippen molar-refractivity contribution < 1.29 is 9.59 Å². The number of pyridine rings is 1. The van der Waals surface area contributed by atoms with Gasteiger partial charge in [-0.2, -0.15) is 0 Å². The molecule has 0 aliphatic heterocycles. The molecule has 8 nitrogen and oxygen atoms in total. The third-order valence-corrected chi connectivity index (χ3v) is 6.32. The van der Waals surface area contributed by atoms with Gasteiger partial charge in [0.25, 0.3) is 11.8 Å². The second kappa shape index (κ2) is 12.1. The van der Waals surface area contributed by atoms with Crippen LogP contribution < -0.4 is 16.0 Å². The number of amides is 2. The molecule has 0 fully saturated rings. The molecule has 0 saturated carbocycles. The number of aromatic nitrogens is 3. The van der Waals surface area contributed by atoms with E-state index in [9.17, 15) is 9.59 Å². The molecule has 0 aliphatic carbocycles. The fourth-order valence-corrected chi connectivity index (χ4v) is 4.18. The number of anilines is 1. The van der Waals surface area contributed by atoms with Gasteiger partial charge in [-0.25, -0.2) is 9.97 Å². The minimum absolute atomic E-state index is 0.0654. The average molecular weight is 497 g/mol. The first-order valence-electron chi connectivity index (χ1n) is 12.6. The van der Waals surface area contributed by atoms with Crippen LogP contribution in [0, 0.1) is 0 Å². The summed E-state index contributed by atoms with van der Waals surface area (Å²) < 4.78 is 0. The van der Waals surface area contributed by atoms with Crippen molar-refractivity contribution in [1.29, 1.82) is 0 Å². The molecule has 4 rings (SSSR count). The van der Waals surface area contributed by atoms with Gasteiger partial charge in [0.15, 0.2) is 0 Å². The van der Waals surface area contributed by atoms with Crippen LogP contribution in [0.25, 0.3) is 22.2 Å². The Morgan fingerprint density at radius 1 is 0.973 bits per heavy atom. The van der Waals surface area contributed by atoms with Crippen molar-refractivity contribution >= 4 is 28.5 Å². The average Bonchev–Trinajstić information content (AvgIpc) is 2.95. The van der Waals surface area contributed by atoms with Crippen LogP contribution in [0.4, 0.5) is 5.82 Å². The van der Waals surface area contributed by atoms with E-state index in [1.165, 1.54) is 6.33 Å². The largest absolute Gasteiger partial charge is 0.369 e. The van der Waals surface area contributed by atoms with Crippen LogP contribution in [0.5, 0.6) is 0 Å². The highest BCUT2D eigenvalue weighted by Crippen LogP contribution is 2.27. The summed E-state index contributed by atoms with van der Waals surface area (Å²) in [5, 5.41) is 9.86. The molecule has 2 aromatic carbocycles. The SMILES string of the molecule is CCCCNC(=O)c1ccc(-c2cc(NC[C@@H](C)c3cccc4c(C(=O)NC)ccnc34)ncn2)cc1. The number of benzene rings is 2. The maximum atomic E-state index is 12.3. The quantitative estimate of drug-likeness (QED) is 0.272. The standard InChI is InChI=1S/C29H32N6O2/c1-4-5-14-32-28(36)21-11-9-20(10-12-21)25-16-26(35-18-34-25)33-17-19(2)22-7-6-8-23-24(29(37)30-3)13-15-31-27(22)23/h6-13,15-16,18-19H,4-5,14,17H2,1-3H3,(H,30,37)(H,32,36)(H,33,34,35)/t19-/m1/s1. The molecule has 2 aromatic heterocycles. The van der Waals surface area contributed by atoms with Gasteiger partial charge in [0.05, 0.1) is 16.8 Å². The van der Waals surface area contributed by atoms with Gasteiger partial charge in [-0.05, 0) is 30.2 Å². The van der Waals surface area contributed by atoms with Gasteiger partial charge in [-0.3, -0.25) is 14.6 Å². The highest BCUT2D eigenvalue weighted by Gasteiger charge is 2.15. The second-order valence-electron chi connectivity index (χ2n) is 8.94. The summed E-state index contributed by atoms with van der Waals surface area (Å²) in [4.78, 5) is 37.9. The molecule has 37 heavy (non-hydrogen) atoms. The Hall–Kier alpha value is -4.33. The van der Waals surface area contributed by atoms with E-state index in [1.54, 1.807) is 19.3 Å². The third kappa shape index (κ3) is 6.09. The van der Waals surface area contributed by atoms with Crippen molar-refractivity contribution in [3.05, 3.63) is 83.8 Å². The van der Waals surface area contributed by atoms with Crippen molar-refractivity contribution in [2.45, 2.75) is 32.6 Å². The van der Waals surface area contributed by atoms with E-state index in [2.05, 4.69) is 44.7 Å². The van der Waals surface area contributed by atoms with E-state index in [1.807, 2.05) is 48.5 Å². The molecular formula is C29H32N6O2. The van der Waals surface area contributed by atoms with Gasteiger partial charge < -0.3 is 16.0 Å². The lowest BCUT2D eigenvalue weighted by molar-refractivity contribution is 0.0949. The Morgan fingerprint density at radius 2 is 1.78 bits per heavy atom. The Morgan fingerprint density at radius 3 is 2.54 bits per heavy atom. The second-order valence-corrected chi connectivity index (χ2v) is 8.94. The number of hydrogen-bond donors (Lipinski definition) is 3. The minimum atomic E-state index is -0.131. The number of para-hydroxylation sites is 1. The van der Waals surface area contributed by atoms with Crippen molar-refractivity contribution in [2.75, 3.05) is 25.5 Å². The van der Waals surface area contributed by atoms with Crippen LogP contribution in [0.3, 0.4) is 0 Å². The van der Waals surface area contributed by atoms with E-state index < -0.39 is 0 Å². The number of carbonyl (C=O) groups excluding carboxylic acids is 2. The molecule has 2 amide bonds. The molecule has 2 heterocycles. The highest BCUT2D eigenvalue weighted by atomic mass is 16.2. The lowest BCUT2D eigenvalue weighted by atomic mass is 9.96. The van der Waals surface area contributed by atoms with E-state index >= 15 is 0 Å². The maximum absolute atomic E-state index is 12.3. The van der Waals surface area contributed by atoms with Crippen LogP contribution in [0.1, 0.15) is 58.9 Å². The number of unbranched alkanes of at least 4 members (excludes halogenated alkanes) is 1. The molecule has 4 aromatic rings. The predicted molar refractivity (Wildman–Crippen MR) is 147 cm³/mol. The van der Waals surface area contributed by atoms with Crippen LogP contribution in [-0.4, -0.2) is 46.9 Å². The zero-order chi connectivity index (χ0) is 26.2. The number of carbonyl (C=O) groups is 2. The smallest absolute Gasteiger partial charge is 0.251 e. The number of fused-ring (bicyclic) bond motifs is 1. The first-order chi connectivity index (χ1) is 18.0. The van der Waals surface area contributed by atoms with Crippen LogP contribution >= 0.6 is 0 Å². The van der Waals surface area contributed by atoms with E-state index in [0.717, 1.165) is 40.6 Å². The summed E-state index contributed by atoms with van der Waals surface area (Å²) in [6.07, 6.45) is 5.21. The molecular weight excluding hydrogens is 464 g/mol. The summed E-state index contributed by atoms with van der Waals surface area (Å²) in [6, 6.07) is 17.0. The van der Waals surface area contributed by atoms with Crippen LogP contribution in [0.15, 0.2) is 67.1 Å². The molecule has 8 heteroatoms. The van der Waals surface area contributed by atoms with Crippen molar-refractivity contribution in [1.82, 2.24) is 25.6 Å². The number of rotatable bonds is 10. The number of nitrogens with zero attached hydrogens (tertiary/aromatic N) is 3. The zero-order valence-corrected chi connectivity index (χ0v) is 21.4. The van der Waals surface area contributed by atoms with Gasteiger partial charge in [0, 0.05) is 54.8 Å². The van der Waals surface area contributed by atoms with Gasteiger partial charge >= 0.3 is 0 Å². The Balaban J connectivity index is 1.46. The van der Waals surface area contributed by atoms with Gasteiger partial charge in [-0.1, -0.05) is 50.6 Å². The van der Waals surface area contributed by atoms with Gasteiger partial charge in [0.1, 0.15) is 12.1 Å². The summed E-state index contributed by atoms with van der Waals surface area (Å²) >= 11 is 0. The van der Waals surface area contributed by atoms with E-state index in [-0.39, 0.29) is 17.7 Å². The van der Waals surface area contributed by atoms with Crippen molar-refractivity contribution in [3.63, 3.8) is 0 Å². The fraction of sp³-hybridized carbons (Fsp3) is 0.276. The monoisotopic (exact) mass is 496 g/mol. The molecule has 1 atom stereocenters. The molecule has 0 bridgehead atoms. The Labute approximate surface area is 217 Å². The predicted octanol–water partition coefficient (Wildman–Crippen LogP) is 4.80. The Bertz CT molecular complexity index is 1390. The first kappa shape index (κ1) is 25.8. The molecule has 3 N–H and O–H groups in total. The summed E-state index contributed by atoms with van der Waals surface area (Å²) in [7, 11) is 1.63. The third-order valence-electron chi connectivity index (χ3n) is 6.32. The molecule has 0 saturated heterocycles. The maximum Gasteiger partial charge on any atom is 0.251 e. The molecule has 0 unspecified atom stereocenters. The normalized spacial score (nSPS) is 11.6. The van der Waals surface area contributed by atoms with E-state index in [0.29, 0.717) is 30.0 Å².